The molecule has 1 atom stereocenters. The van der Waals surface area contributed by atoms with E-state index >= 15 is 0 Å². The topological polar surface area (TPSA) is 29.1 Å². The quantitative estimate of drug-likeness (QED) is 0.893. The predicted molar refractivity (Wildman–Crippen MR) is 57.3 cm³/mol. The summed E-state index contributed by atoms with van der Waals surface area (Å²) in [6.07, 6.45) is 0. The van der Waals surface area contributed by atoms with Crippen LogP contribution >= 0.6 is 31.9 Å². The molecule has 66 valence electrons. The molecule has 1 rings (SSSR count). The van der Waals surface area contributed by atoms with E-state index in [1.807, 2.05) is 12.1 Å². The van der Waals surface area contributed by atoms with Crippen LogP contribution in [-0.2, 0) is 11.0 Å². The maximum Gasteiger partial charge on any atom is 0.124 e. The molecule has 0 aliphatic carbocycles. The fourth-order valence-electron chi connectivity index (χ4n) is 0.710. The lowest BCUT2D eigenvalue weighted by Crippen LogP contribution is -2.10. The van der Waals surface area contributed by atoms with E-state index in [0.29, 0.717) is 0 Å². The van der Waals surface area contributed by atoms with Crippen molar-refractivity contribution in [2.24, 2.45) is 0 Å². The maximum absolute atomic E-state index is 11.2. The number of nitrogens with one attached hydrogen (secondary N) is 1. The molecule has 0 bridgehead atoms. The van der Waals surface area contributed by atoms with Crippen molar-refractivity contribution in [3.05, 3.63) is 27.1 Å². The Bertz CT molecular complexity index is 316. The second kappa shape index (κ2) is 4.50. The molecule has 0 aromatic heterocycles. The highest BCUT2D eigenvalue weighted by atomic mass is 79.9. The van der Waals surface area contributed by atoms with Gasteiger partial charge in [0, 0.05) is 8.95 Å². The van der Waals surface area contributed by atoms with Gasteiger partial charge in [0.15, 0.2) is 0 Å². The molecule has 0 aliphatic heterocycles. The van der Waals surface area contributed by atoms with Crippen LogP contribution in [0, 0.1) is 0 Å². The van der Waals surface area contributed by atoms with Crippen molar-refractivity contribution in [3.63, 3.8) is 0 Å². The van der Waals surface area contributed by atoms with E-state index in [1.165, 1.54) is 0 Å². The molecule has 0 amide bonds. The number of benzene rings is 1. The van der Waals surface area contributed by atoms with E-state index < -0.39 is 11.0 Å². The van der Waals surface area contributed by atoms with Gasteiger partial charge in [-0.15, -0.1) is 0 Å². The summed E-state index contributed by atoms with van der Waals surface area (Å²) >= 11 is 6.67. The Balaban J connectivity index is 3.05. The highest BCUT2D eigenvalue weighted by molar-refractivity contribution is 9.13. The van der Waals surface area contributed by atoms with Crippen LogP contribution in [0.4, 0.5) is 0 Å². The van der Waals surface area contributed by atoms with Crippen LogP contribution in [0.5, 0.6) is 0 Å². The minimum Gasteiger partial charge on any atom is -0.238 e. The predicted octanol–water partition coefficient (Wildman–Crippen LogP) is 2.45. The van der Waals surface area contributed by atoms with Crippen molar-refractivity contribution in [1.82, 2.24) is 4.72 Å². The van der Waals surface area contributed by atoms with Crippen molar-refractivity contribution in [1.29, 1.82) is 0 Å². The molecule has 0 saturated carbocycles. The lowest BCUT2D eigenvalue weighted by molar-refractivity contribution is 0.678. The summed E-state index contributed by atoms with van der Waals surface area (Å²) in [4.78, 5) is 0.757. The van der Waals surface area contributed by atoms with Crippen molar-refractivity contribution in [3.8, 4) is 0 Å². The Labute approximate surface area is 90.6 Å². The van der Waals surface area contributed by atoms with Crippen molar-refractivity contribution < 1.29 is 4.21 Å². The average molecular weight is 313 g/mol. The Morgan fingerprint density at radius 3 is 2.50 bits per heavy atom. The number of hydrogen-bond donors (Lipinski definition) is 1. The number of hydrogen-bond acceptors (Lipinski definition) is 1. The average Bonchev–Trinajstić information content (AvgIpc) is 2.08. The molecule has 1 aromatic carbocycles. The van der Waals surface area contributed by atoms with Crippen LogP contribution in [-0.4, -0.2) is 11.3 Å². The minimum absolute atomic E-state index is 0.757. The molecule has 0 fully saturated rings. The van der Waals surface area contributed by atoms with Gasteiger partial charge in [0.25, 0.3) is 0 Å². The molecule has 1 unspecified atom stereocenters. The maximum atomic E-state index is 11.2. The van der Waals surface area contributed by atoms with Crippen LogP contribution in [0.1, 0.15) is 0 Å². The van der Waals surface area contributed by atoms with Gasteiger partial charge in [-0.05, 0) is 57.1 Å². The molecule has 0 spiro atoms. The highest BCUT2D eigenvalue weighted by Gasteiger charge is 2.03. The summed E-state index contributed by atoms with van der Waals surface area (Å²) in [5.74, 6) is 0. The number of halogens is 2. The van der Waals surface area contributed by atoms with Crippen LogP contribution in [0.15, 0.2) is 32.0 Å². The van der Waals surface area contributed by atoms with E-state index in [0.717, 1.165) is 13.8 Å². The first kappa shape index (κ1) is 10.4. The summed E-state index contributed by atoms with van der Waals surface area (Å²) in [6.45, 7) is 0. The van der Waals surface area contributed by atoms with E-state index in [9.17, 15) is 4.21 Å². The van der Waals surface area contributed by atoms with Crippen LogP contribution in [0.25, 0.3) is 0 Å². The largest absolute Gasteiger partial charge is 0.238 e. The molecule has 0 aliphatic rings. The first-order chi connectivity index (χ1) is 5.65. The lowest BCUT2D eigenvalue weighted by atomic mass is 10.4. The molecule has 0 saturated heterocycles. The molecule has 1 aromatic rings. The zero-order valence-electron chi connectivity index (χ0n) is 6.30. The summed E-state index contributed by atoms with van der Waals surface area (Å²) in [5, 5.41) is 0. The van der Waals surface area contributed by atoms with E-state index in [2.05, 4.69) is 36.6 Å². The van der Waals surface area contributed by atoms with Gasteiger partial charge in [-0.3, -0.25) is 0 Å². The third-order valence-electron chi connectivity index (χ3n) is 1.29. The summed E-state index contributed by atoms with van der Waals surface area (Å²) < 4.78 is 15.8. The van der Waals surface area contributed by atoms with Gasteiger partial charge >= 0.3 is 0 Å². The Kier molecular flexibility index (Phi) is 3.89. The molecule has 2 nitrogen and oxygen atoms in total. The fraction of sp³-hybridized carbons (Fsp3) is 0.143. The molecule has 5 heteroatoms. The Hall–Kier alpha value is 0.290. The van der Waals surface area contributed by atoms with E-state index in [4.69, 9.17) is 0 Å². The number of rotatable bonds is 2. The molecular weight excluding hydrogens is 306 g/mol. The van der Waals surface area contributed by atoms with Gasteiger partial charge in [-0.25, -0.2) is 8.93 Å². The summed E-state index contributed by atoms with van der Waals surface area (Å²) in [5.41, 5.74) is 0. The normalized spacial score (nSPS) is 12.9. The second-order valence-corrected chi connectivity index (χ2v) is 5.17. The smallest absolute Gasteiger partial charge is 0.124 e. The van der Waals surface area contributed by atoms with Crippen molar-refractivity contribution >= 4 is 42.8 Å². The van der Waals surface area contributed by atoms with Crippen molar-refractivity contribution in [2.45, 2.75) is 4.90 Å². The Morgan fingerprint density at radius 2 is 2.00 bits per heavy atom. The van der Waals surface area contributed by atoms with Gasteiger partial charge in [-0.1, -0.05) is 0 Å². The minimum atomic E-state index is -1.11. The zero-order valence-corrected chi connectivity index (χ0v) is 10.3. The SMILES string of the molecule is CNS(=O)c1ccc(Br)c(Br)c1. The zero-order chi connectivity index (χ0) is 9.14. The van der Waals surface area contributed by atoms with Crippen LogP contribution in [0.3, 0.4) is 0 Å². The molecule has 0 radical (unpaired) electrons. The lowest BCUT2D eigenvalue weighted by Gasteiger charge is -2.01. The standard InChI is InChI=1S/C7H7Br2NOS/c1-10-12(11)5-2-3-6(8)7(9)4-5/h2-4,10H,1H3. The molecule has 1 N–H and O–H groups in total. The van der Waals surface area contributed by atoms with Gasteiger partial charge in [0.2, 0.25) is 0 Å². The second-order valence-electron chi connectivity index (χ2n) is 2.05. The highest BCUT2D eigenvalue weighted by Crippen LogP contribution is 2.24. The third kappa shape index (κ3) is 2.39. The molecular formula is C7H7Br2NOS. The summed E-state index contributed by atoms with van der Waals surface area (Å²) in [6, 6.07) is 5.48. The monoisotopic (exact) mass is 311 g/mol. The Morgan fingerprint density at radius 1 is 1.33 bits per heavy atom. The van der Waals surface area contributed by atoms with E-state index in [-0.39, 0.29) is 0 Å². The van der Waals surface area contributed by atoms with Crippen LogP contribution in [0.2, 0.25) is 0 Å². The summed E-state index contributed by atoms with van der Waals surface area (Å²) in [7, 11) is 0.549. The van der Waals surface area contributed by atoms with Crippen molar-refractivity contribution in [2.75, 3.05) is 7.05 Å². The van der Waals surface area contributed by atoms with Gasteiger partial charge < -0.3 is 0 Å². The van der Waals surface area contributed by atoms with E-state index in [1.54, 1.807) is 13.1 Å². The van der Waals surface area contributed by atoms with Gasteiger partial charge in [-0.2, -0.15) is 0 Å². The molecule has 0 heterocycles. The fourth-order valence-corrected chi connectivity index (χ4v) is 2.14. The van der Waals surface area contributed by atoms with Crippen LogP contribution < -0.4 is 4.72 Å². The van der Waals surface area contributed by atoms with Gasteiger partial charge in [0.05, 0.1) is 4.90 Å². The molecule has 12 heavy (non-hydrogen) atoms. The third-order valence-corrected chi connectivity index (χ3v) is 4.22. The van der Waals surface area contributed by atoms with Gasteiger partial charge in [0.1, 0.15) is 11.0 Å². The first-order valence-electron chi connectivity index (χ1n) is 3.19. The first-order valence-corrected chi connectivity index (χ1v) is 5.93.